The van der Waals surface area contributed by atoms with Crippen molar-refractivity contribution in [3.8, 4) is 0 Å². The molecule has 0 saturated carbocycles. The Morgan fingerprint density at radius 2 is 2.12 bits per heavy atom. The van der Waals surface area contributed by atoms with E-state index in [9.17, 15) is 10.1 Å². The van der Waals surface area contributed by atoms with Gasteiger partial charge in [0.05, 0.1) is 4.92 Å². The number of nitro groups is 1. The van der Waals surface area contributed by atoms with Crippen molar-refractivity contribution in [1.29, 1.82) is 0 Å². The lowest BCUT2D eigenvalue weighted by atomic mass is 10.1. The molecule has 4 nitrogen and oxygen atoms in total. The predicted octanol–water partition coefficient (Wildman–Crippen LogP) is 3.89. The molecule has 0 aliphatic rings. The summed E-state index contributed by atoms with van der Waals surface area (Å²) in [7, 11) is 0. The van der Waals surface area contributed by atoms with Crippen molar-refractivity contribution in [3.05, 3.63) is 33.9 Å². The number of hydrogen-bond acceptors (Lipinski definition) is 3. The summed E-state index contributed by atoms with van der Waals surface area (Å²) in [6.45, 7) is 6.20. The van der Waals surface area contributed by atoms with Gasteiger partial charge in [0, 0.05) is 23.9 Å². The topological polar surface area (TPSA) is 55.2 Å². The molecule has 0 aliphatic carbocycles. The van der Waals surface area contributed by atoms with E-state index in [2.05, 4.69) is 19.2 Å². The normalized spacial score (nSPS) is 12.2. The maximum Gasteiger partial charge on any atom is 0.269 e. The van der Waals surface area contributed by atoms with Crippen molar-refractivity contribution in [3.63, 3.8) is 0 Å². The minimum atomic E-state index is -0.361. The molecule has 17 heavy (non-hydrogen) atoms. The summed E-state index contributed by atoms with van der Waals surface area (Å²) in [6.07, 6.45) is 3.31. The van der Waals surface area contributed by atoms with Gasteiger partial charge >= 0.3 is 0 Å². The molecule has 0 aromatic heterocycles. The monoisotopic (exact) mass is 236 g/mol. The van der Waals surface area contributed by atoms with Crippen molar-refractivity contribution in [1.82, 2.24) is 0 Å². The van der Waals surface area contributed by atoms with E-state index < -0.39 is 0 Å². The molecule has 1 aromatic carbocycles. The lowest BCUT2D eigenvalue weighted by Crippen LogP contribution is -2.18. The highest BCUT2D eigenvalue weighted by molar-refractivity contribution is 5.55. The SMILES string of the molecule is CCCC(CC)Nc1ccc([N+](=O)[O-])cc1C. The number of nitrogens with zero attached hydrogens (tertiary/aromatic N) is 1. The first kappa shape index (κ1) is 13.5. The second-order valence-electron chi connectivity index (χ2n) is 4.29. The summed E-state index contributed by atoms with van der Waals surface area (Å²) in [6, 6.07) is 5.40. The minimum Gasteiger partial charge on any atom is -0.382 e. The Bertz CT molecular complexity index is 391. The van der Waals surface area contributed by atoms with Crippen LogP contribution in [0.1, 0.15) is 38.7 Å². The van der Waals surface area contributed by atoms with Crippen LogP contribution in [0.4, 0.5) is 11.4 Å². The van der Waals surface area contributed by atoms with Crippen molar-refractivity contribution in [2.24, 2.45) is 0 Å². The first-order chi connectivity index (χ1) is 8.08. The molecular formula is C13H20N2O2. The Hall–Kier alpha value is -1.58. The van der Waals surface area contributed by atoms with Gasteiger partial charge in [0.2, 0.25) is 0 Å². The third-order valence-corrected chi connectivity index (χ3v) is 2.91. The number of nitro benzene ring substituents is 1. The second-order valence-corrected chi connectivity index (χ2v) is 4.29. The largest absolute Gasteiger partial charge is 0.382 e. The van der Waals surface area contributed by atoms with Gasteiger partial charge in [-0.3, -0.25) is 10.1 Å². The lowest BCUT2D eigenvalue weighted by molar-refractivity contribution is -0.384. The quantitative estimate of drug-likeness (QED) is 0.602. The summed E-state index contributed by atoms with van der Waals surface area (Å²) in [5, 5.41) is 14.1. The van der Waals surface area contributed by atoms with Gasteiger partial charge in [-0.15, -0.1) is 0 Å². The van der Waals surface area contributed by atoms with E-state index in [-0.39, 0.29) is 10.6 Å². The van der Waals surface area contributed by atoms with Gasteiger partial charge in [-0.25, -0.2) is 0 Å². The van der Waals surface area contributed by atoms with Gasteiger partial charge in [0.1, 0.15) is 0 Å². The van der Waals surface area contributed by atoms with Gasteiger partial charge in [-0.1, -0.05) is 20.3 Å². The number of nitrogens with one attached hydrogen (secondary N) is 1. The zero-order valence-electron chi connectivity index (χ0n) is 10.7. The van der Waals surface area contributed by atoms with Crippen LogP contribution in [0.15, 0.2) is 18.2 Å². The van der Waals surface area contributed by atoms with E-state index in [0.717, 1.165) is 30.5 Å². The number of anilines is 1. The molecule has 0 fully saturated rings. The van der Waals surface area contributed by atoms with Crippen LogP contribution in [-0.2, 0) is 0 Å². The highest BCUT2D eigenvalue weighted by Gasteiger charge is 2.10. The fourth-order valence-electron chi connectivity index (χ4n) is 1.87. The van der Waals surface area contributed by atoms with E-state index in [0.29, 0.717) is 6.04 Å². The van der Waals surface area contributed by atoms with Crippen LogP contribution in [0.2, 0.25) is 0 Å². The molecule has 1 aromatic rings. The van der Waals surface area contributed by atoms with Crippen molar-refractivity contribution in [2.45, 2.75) is 46.1 Å². The highest BCUT2D eigenvalue weighted by atomic mass is 16.6. The van der Waals surface area contributed by atoms with Crippen LogP contribution in [0.5, 0.6) is 0 Å². The molecular weight excluding hydrogens is 216 g/mol. The van der Waals surface area contributed by atoms with Crippen molar-refractivity contribution in [2.75, 3.05) is 5.32 Å². The number of rotatable bonds is 6. The summed E-state index contributed by atoms with van der Waals surface area (Å²) in [5.41, 5.74) is 2.07. The van der Waals surface area contributed by atoms with E-state index in [1.807, 2.05) is 6.92 Å². The molecule has 0 heterocycles. The van der Waals surface area contributed by atoms with E-state index in [4.69, 9.17) is 0 Å². The molecule has 94 valence electrons. The Morgan fingerprint density at radius 1 is 1.41 bits per heavy atom. The number of aryl methyl sites for hydroxylation is 1. The summed E-state index contributed by atoms with van der Waals surface area (Å²) in [5.74, 6) is 0. The maximum absolute atomic E-state index is 10.6. The van der Waals surface area contributed by atoms with E-state index in [1.165, 1.54) is 0 Å². The highest BCUT2D eigenvalue weighted by Crippen LogP contribution is 2.22. The number of benzene rings is 1. The zero-order chi connectivity index (χ0) is 12.8. The third kappa shape index (κ3) is 3.73. The fraction of sp³-hybridized carbons (Fsp3) is 0.538. The fourth-order valence-corrected chi connectivity index (χ4v) is 1.87. The number of non-ortho nitro benzene ring substituents is 1. The molecule has 0 aliphatic heterocycles. The third-order valence-electron chi connectivity index (χ3n) is 2.91. The average molecular weight is 236 g/mol. The smallest absolute Gasteiger partial charge is 0.269 e. The second kappa shape index (κ2) is 6.23. The van der Waals surface area contributed by atoms with Crippen LogP contribution in [0.25, 0.3) is 0 Å². The molecule has 1 N–H and O–H groups in total. The van der Waals surface area contributed by atoms with E-state index in [1.54, 1.807) is 18.2 Å². The molecule has 1 rings (SSSR count). The first-order valence-corrected chi connectivity index (χ1v) is 6.10. The average Bonchev–Trinajstić information content (AvgIpc) is 2.30. The predicted molar refractivity (Wildman–Crippen MR) is 70.4 cm³/mol. The van der Waals surface area contributed by atoms with Crippen LogP contribution in [0, 0.1) is 17.0 Å². The Balaban J connectivity index is 2.81. The maximum atomic E-state index is 10.6. The van der Waals surface area contributed by atoms with Gasteiger partial charge in [-0.2, -0.15) is 0 Å². The molecule has 0 bridgehead atoms. The molecule has 0 radical (unpaired) electrons. The molecule has 0 saturated heterocycles. The van der Waals surface area contributed by atoms with Gasteiger partial charge in [0.15, 0.2) is 0 Å². The lowest BCUT2D eigenvalue weighted by Gasteiger charge is -2.18. The van der Waals surface area contributed by atoms with E-state index >= 15 is 0 Å². The summed E-state index contributed by atoms with van der Waals surface area (Å²) in [4.78, 5) is 10.3. The zero-order valence-corrected chi connectivity index (χ0v) is 10.7. The van der Waals surface area contributed by atoms with Gasteiger partial charge in [0.25, 0.3) is 5.69 Å². The minimum absolute atomic E-state index is 0.150. The van der Waals surface area contributed by atoms with Crippen LogP contribution < -0.4 is 5.32 Å². The molecule has 1 atom stereocenters. The Labute approximate surface area is 102 Å². The molecule has 1 unspecified atom stereocenters. The number of hydrogen-bond donors (Lipinski definition) is 1. The van der Waals surface area contributed by atoms with Crippen LogP contribution in [0.3, 0.4) is 0 Å². The van der Waals surface area contributed by atoms with Crippen LogP contribution >= 0.6 is 0 Å². The Kier molecular flexibility index (Phi) is 4.94. The Morgan fingerprint density at radius 3 is 2.59 bits per heavy atom. The summed E-state index contributed by atoms with van der Waals surface area (Å²) >= 11 is 0. The van der Waals surface area contributed by atoms with Crippen LogP contribution in [-0.4, -0.2) is 11.0 Å². The van der Waals surface area contributed by atoms with Crippen molar-refractivity contribution < 1.29 is 4.92 Å². The first-order valence-electron chi connectivity index (χ1n) is 6.10. The summed E-state index contributed by atoms with van der Waals surface area (Å²) < 4.78 is 0. The standard InChI is InChI=1S/C13H20N2O2/c1-4-6-11(5-2)14-13-8-7-12(15(16)17)9-10(13)3/h7-9,11,14H,4-6H2,1-3H3. The van der Waals surface area contributed by atoms with Crippen molar-refractivity contribution >= 4 is 11.4 Å². The van der Waals surface area contributed by atoms with Gasteiger partial charge in [-0.05, 0) is 31.4 Å². The molecule has 0 spiro atoms. The van der Waals surface area contributed by atoms with Gasteiger partial charge < -0.3 is 5.32 Å². The molecule has 4 heteroatoms. The molecule has 0 amide bonds.